The molecule has 0 aliphatic carbocycles. The Bertz CT molecular complexity index is 635. The number of ether oxygens (including phenoxy) is 12. The molecule has 0 spiro atoms. The van der Waals surface area contributed by atoms with Gasteiger partial charge in [0.2, 0.25) is 0 Å². The third-order valence-corrected chi connectivity index (χ3v) is 4.75. The molecule has 0 rings (SSSR count). The number of carboxylic acid groups (broad SMARTS) is 1. The van der Waals surface area contributed by atoms with Gasteiger partial charge in [-0.15, -0.1) is 0 Å². The van der Waals surface area contributed by atoms with Gasteiger partial charge in [0, 0.05) is 5.57 Å². The van der Waals surface area contributed by atoms with Gasteiger partial charge in [-0.3, -0.25) is 0 Å². The van der Waals surface area contributed by atoms with E-state index in [1.807, 2.05) is 0 Å². The highest BCUT2D eigenvalue weighted by atomic mass is 16.6. The van der Waals surface area contributed by atoms with E-state index >= 15 is 0 Å². The van der Waals surface area contributed by atoms with Crippen LogP contribution in [0.15, 0.2) is 12.2 Å². The van der Waals surface area contributed by atoms with Gasteiger partial charge in [0.1, 0.15) is 13.2 Å². The summed E-state index contributed by atoms with van der Waals surface area (Å²) in [5, 5.41) is 8.41. The highest BCUT2D eigenvalue weighted by molar-refractivity contribution is 5.86. The minimum atomic E-state index is -1.000. The first-order chi connectivity index (χ1) is 21.0. The molecule has 43 heavy (non-hydrogen) atoms. The van der Waals surface area contributed by atoms with Crippen molar-refractivity contribution in [1.82, 2.24) is 0 Å². The fourth-order valence-electron chi connectivity index (χ4n) is 2.68. The van der Waals surface area contributed by atoms with Gasteiger partial charge >= 0.3 is 11.9 Å². The Labute approximate surface area is 254 Å². The van der Waals surface area contributed by atoms with Crippen LogP contribution in [-0.4, -0.2) is 169 Å². The van der Waals surface area contributed by atoms with Crippen molar-refractivity contribution in [2.45, 2.75) is 6.92 Å². The Morgan fingerprint density at radius 1 is 0.419 bits per heavy atom. The summed E-state index contributed by atoms with van der Waals surface area (Å²) < 4.78 is 63.6. The largest absolute Gasteiger partial charge is 0.480 e. The van der Waals surface area contributed by atoms with Crippen LogP contribution in [0.2, 0.25) is 0 Å². The highest BCUT2D eigenvalue weighted by Crippen LogP contribution is 1.92. The summed E-state index contributed by atoms with van der Waals surface area (Å²) in [6, 6.07) is 0. The molecular weight excluding hydrogens is 576 g/mol. The summed E-state index contributed by atoms with van der Waals surface area (Å²) >= 11 is 0. The van der Waals surface area contributed by atoms with Crippen LogP contribution in [0.3, 0.4) is 0 Å². The van der Waals surface area contributed by atoms with Crippen molar-refractivity contribution in [3.8, 4) is 0 Å². The van der Waals surface area contributed by atoms with Gasteiger partial charge in [-0.25, -0.2) is 9.59 Å². The molecule has 15 nitrogen and oxygen atoms in total. The third-order valence-electron chi connectivity index (χ3n) is 4.75. The lowest BCUT2D eigenvalue weighted by Crippen LogP contribution is -2.16. The van der Waals surface area contributed by atoms with Crippen LogP contribution in [0.5, 0.6) is 0 Å². The van der Waals surface area contributed by atoms with Crippen molar-refractivity contribution >= 4 is 11.9 Å². The van der Waals surface area contributed by atoms with Gasteiger partial charge in [0.25, 0.3) is 0 Å². The quantitative estimate of drug-likeness (QED) is 0.0574. The number of carbonyl (C=O) groups excluding carboxylic acids is 1. The summed E-state index contributed by atoms with van der Waals surface area (Å²) in [6.45, 7) is 14.1. The molecule has 0 atom stereocenters. The van der Waals surface area contributed by atoms with Gasteiger partial charge in [-0.2, -0.15) is 0 Å². The van der Waals surface area contributed by atoms with Crippen molar-refractivity contribution in [3.63, 3.8) is 0 Å². The zero-order chi connectivity index (χ0) is 31.5. The van der Waals surface area contributed by atoms with Crippen molar-refractivity contribution in [2.75, 3.05) is 152 Å². The average Bonchev–Trinajstić information content (AvgIpc) is 2.98. The lowest BCUT2D eigenvalue weighted by atomic mass is 10.4. The zero-order valence-corrected chi connectivity index (χ0v) is 25.6. The first-order valence-corrected chi connectivity index (χ1v) is 14.4. The molecule has 0 aromatic rings. The maximum Gasteiger partial charge on any atom is 0.333 e. The number of esters is 1. The van der Waals surface area contributed by atoms with Gasteiger partial charge in [0.05, 0.1) is 139 Å². The van der Waals surface area contributed by atoms with Crippen molar-refractivity contribution in [2.24, 2.45) is 0 Å². The highest BCUT2D eigenvalue weighted by Gasteiger charge is 2.02. The van der Waals surface area contributed by atoms with Crippen LogP contribution >= 0.6 is 0 Å². The maximum atomic E-state index is 11.2. The second-order valence-corrected chi connectivity index (χ2v) is 8.49. The number of aliphatic carboxylic acids is 1. The summed E-state index contributed by atoms with van der Waals surface area (Å²) in [5.41, 5.74) is 0.365. The average molecular weight is 629 g/mol. The lowest BCUT2D eigenvalue weighted by Gasteiger charge is -2.09. The van der Waals surface area contributed by atoms with Gasteiger partial charge in [0.15, 0.2) is 0 Å². The second kappa shape index (κ2) is 34.7. The number of hydrogen-bond donors (Lipinski definition) is 1. The Hall–Kier alpha value is -1.76. The number of rotatable bonds is 36. The fourth-order valence-corrected chi connectivity index (χ4v) is 2.68. The van der Waals surface area contributed by atoms with E-state index in [2.05, 4.69) is 6.58 Å². The SMILES string of the molecule is C=C(C)C(=O)OCCOCCOCCOCCOCCOCCOCCOCCOCCOCCOCCOCC(=O)O. The molecule has 254 valence electrons. The molecule has 0 unspecified atom stereocenters. The summed E-state index contributed by atoms with van der Waals surface area (Å²) in [5.74, 6) is -1.42. The fraction of sp³-hybridized carbons (Fsp3) is 0.857. The molecule has 0 aromatic heterocycles. The van der Waals surface area contributed by atoms with Crippen molar-refractivity contribution in [1.29, 1.82) is 0 Å². The van der Waals surface area contributed by atoms with E-state index in [1.165, 1.54) is 0 Å². The van der Waals surface area contributed by atoms with Gasteiger partial charge in [-0.1, -0.05) is 6.58 Å². The van der Waals surface area contributed by atoms with Crippen LogP contribution < -0.4 is 0 Å². The molecule has 0 saturated carbocycles. The molecular formula is C28H52O15. The first-order valence-electron chi connectivity index (χ1n) is 14.4. The minimum absolute atomic E-state index is 0.193. The molecule has 0 amide bonds. The normalized spacial score (nSPS) is 11.2. The third kappa shape index (κ3) is 36.3. The summed E-state index contributed by atoms with van der Waals surface area (Å²) in [4.78, 5) is 21.4. The molecule has 0 saturated heterocycles. The van der Waals surface area contributed by atoms with E-state index in [-0.39, 0.29) is 19.8 Å². The van der Waals surface area contributed by atoms with Crippen LogP contribution in [0.1, 0.15) is 6.92 Å². The van der Waals surface area contributed by atoms with Crippen molar-refractivity contribution < 1.29 is 71.5 Å². The molecule has 1 N–H and O–H groups in total. The Morgan fingerprint density at radius 3 is 0.837 bits per heavy atom. The molecule has 0 aromatic carbocycles. The Balaban J connectivity index is 3.07. The summed E-state index contributed by atoms with van der Waals surface area (Å²) in [7, 11) is 0. The summed E-state index contributed by atoms with van der Waals surface area (Å²) in [6.07, 6.45) is 0. The molecule has 0 aliphatic rings. The second-order valence-electron chi connectivity index (χ2n) is 8.49. The van der Waals surface area contributed by atoms with Gasteiger partial charge < -0.3 is 61.9 Å². The van der Waals surface area contributed by atoms with E-state index in [0.29, 0.717) is 138 Å². The van der Waals surface area contributed by atoms with Crippen LogP contribution in [-0.2, 0) is 66.4 Å². The number of carboxylic acids is 1. The van der Waals surface area contributed by atoms with Gasteiger partial charge in [-0.05, 0) is 6.92 Å². The first kappa shape index (κ1) is 41.2. The molecule has 0 aliphatic heterocycles. The molecule has 0 heterocycles. The predicted molar refractivity (Wildman–Crippen MR) is 152 cm³/mol. The van der Waals surface area contributed by atoms with E-state index in [1.54, 1.807) is 6.92 Å². The molecule has 0 fully saturated rings. The molecule has 0 bridgehead atoms. The van der Waals surface area contributed by atoms with Crippen LogP contribution in [0.25, 0.3) is 0 Å². The van der Waals surface area contributed by atoms with E-state index in [4.69, 9.17) is 61.9 Å². The lowest BCUT2D eigenvalue weighted by molar-refractivity contribution is -0.143. The number of carbonyl (C=O) groups is 2. The molecule has 0 radical (unpaired) electrons. The monoisotopic (exact) mass is 628 g/mol. The zero-order valence-electron chi connectivity index (χ0n) is 25.6. The maximum absolute atomic E-state index is 11.2. The smallest absolute Gasteiger partial charge is 0.333 e. The van der Waals surface area contributed by atoms with Crippen LogP contribution in [0.4, 0.5) is 0 Å². The van der Waals surface area contributed by atoms with Crippen molar-refractivity contribution in [3.05, 3.63) is 12.2 Å². The number of hydrogen-bond acceptors (Lipinski definition) is 14. The Morgan fingerprint density at radius 2 is 0.628 bits per heavy atom. The Kier molecular flexibility index (Phi) is 33.3. The molecule has 15 heteroatoms. The minimum Gasteiger partial charge on any atom is -0.480 e. The van der Waals surface area contributed by atoms with E-state index in [0.717, 1.165) is 0 Å². The van der Waals surface area contributed by atoms with E-state index in [9.17, 15) is 9.59 Å². The van der Waals surface area contributed by atoms with Crippen LogP contribution in [0, 0.1) is 0 Å². The van der Waals surface area contributed by atoms with E-state index < -0.39 is 11.9 Å². The standard InChI is InChI=1S/C28H52O15/c1-26(2)28(31)43-24-23-41-20-19-39-16-15-37-12-11-35-8-7-33-4-3-32-5-6-34-9-10-36-13-14-38-17-18-40-21-22-42-25-27(29)30/h1,3-25H2,2H3,(H,29,30). The topological polar surface area (TPSA) is 165 Å². The predicted octanol–water partition coefficient (Wildman–Crippen LogP) is 0.373.